The minimum Gasteiger partial charge on any atom is -0.378 e. The zero-order valence-electron chi connectivity index (χ0n) is 12.3. The van der Waals surface area contributed by atoms with E-state index >= 15 is 0 Å². The third-order valence-electron chi connectivity index (χ3n) is 3.71. The average molecular weight is 285 g/mol. The second-order valence-electron chi connectivity index (χ2n) is 5.45. The van der Waals surface area contributed by atoms with Gasteiger partial charge in [0.05, 0.1) is 0 Å². The summed E-state index contributed by atoms with van der Waals surface area (Å²) in [7, 11) is 3.90. The van der Waals surface area contributed by atoms with Crippen LogP contribution in [0.15, 0.2) is 24.3 Å². The molecule has 0 unspecified atom stereocenters. The van der Waals surface area contributed by atoms with Crippen molar-refractivity contribution in [2.75, 3.05) is 24.3 Å². The third-order valence-corrected chi connectivity index (χ3v) is 3.71. The van der Waals surface area contributed by atoms with E-state index in [1.165, 1.54) is 0 Å². The van der Waals surface area contributed by atoms with Crippen molar-refractivity contribution in [2.45, 2.75) is 25.8 Å². The maximum Gasteiger partial charge on any atom is 0.258 e. The number of aryl methyl sites for hydroxylation is 1. The average Bonchev–Trinajstić information content (AvgIpc) is 2.91. The Balaban J connectivity index is 1.80. The predicted octanol–water partition coefficient (Wildman–Crippen LogP) is 1.93. The molecule has 1 aromatic carbocycles. The van der Waals surface area contributed by atoms with Gasteiger partial charge in [0, 0.05) is 38.3 Å². The smallest absolute Gasteiger partial charge is 0.258 e. The maximum absolute atomic E-state index is 12.4. The van der Waals surface area contributed by atoms with E-state index < -0.39 is 0 Å². The first-order valence-electron chi connectivity index (χ1n) is 7.16. The normalized spacial score (nSPS) is 13.6. The Labute approximate surface area is 123 Å². The minimum atomic E-state index is -0.153. The molecule has 0 saturated heterocycles. The summed E-state index contributed by atoms with van der Waals surface area (Å²) in [5, 5.41) is 11.1. The fraction of sp³-hybridized carbons (Fsp3) is 0.400. The van der Waals surface area contributed by atoms with Crippen molar-refractivity contribution < 1.29 is 4.79 Å². The number of carbonyl (C=O) groups excluding carboxylic acids is 1. The molecule has 0 spiro atoms. The van der Waals surface area contributed by atoms with Crippen LogP contribution in [0.25, 0.3) is 0 Å². The van der Waals surface area contributed by atoms with Gasteiger partial charge >= 0.3 is 0 Å². The van der Waals surface area contributed by atoms with Crippen LogP contribution in [0.3, 0.4) is 0 Å². The molecule has 2 aromatic rings. The van der Waals surface area contributed by atoms with Gasteiger partial charge in [-0.15, -0.1) is 10.2 Å². The zero-order valence-corrected chi connectivity index (χ0v) is 12.3. The minimum absolute atomic E-state index is 0.153. The highest BCUT2D eigenvalue weighted by Gasteiger charge is 2.18. The molecule has 0 radical (unpaired) electrons. The Morgan fingerprint density at radius 3 is 2.95 bits per heavy atom. The summed E-state index contributed by atoms with van der Waals surface area (Å²) in [5.74, 6) is 1.35. The third kappa shape index (κ3) is 2.74. The first-order valence-corrected chi connectivity index (χ1v) is 7.16. The first-order chi connectivity index (χ1) is 10.1. The molecule has 0 bridgehead atoms. The monoisotopic (exact) mass is 285 g/mol. The summed E-state index contributed by atoms with van der Waals surface area (Å²) in [4.78, 5) is 14.3. The number of nitrogens with zero attached hydrogens (tertiary/aromatic N) is 4. The zero-order chi connectivity index (χ0) is 14.8. The van der Waals surface area contributed by atoms with Gasteiger partial charge in [-0.05, 0) is 31.0 Å². The van der Waals surface area contributed by atoms with E-state index in [0.29, 0.717) is 11.5 Å². The van der Waals surface area contributed by atoms with Crippen molar-refractivity contribution in [1.29, 1.82) is 0 Å². The van der Waals surface area contributed by atoms with Crippen molar-refractivity contribution in [1.82, 2.24) is 14.8 Å². The Bertz CT molecular complexity index is 662. The Kier molecular flexibility index (Phi) is 3.60. The lowest BCUT2D eigenvalue weighted by atomic mass is 10.1. The van der Waals surface area contributed by atoms with Gasteiger partial charge < -0.3 is 4.90 Å². The molecule has 1 aliphatic rings. The first kappa shape index (κ1) is 13.6. The van der Waals surface area contributed by atoms with Gasteiger partial charge in [-0.1, -0.05) is 6.07 Å². The number of anilines is 2. The highest BCUT2D eigenvalue weighted by Crippen LogP contribution is 2.19. The molecule has 6 nitrogen and oxygen atoms in total. The SMILES string of the molecule is CN(C)c1cccc(C(=O)Nc2nnc3n2CCCC3)c1. The second-order valence-corrected chi connectivity index (χ2v) is 5.45. The largest absolute Gasteiger partial charge is 0.378 e. The number of benzene rings is 1. The molecule has 1 amide bonds. The number of aromatic nitrogens is 3. The van der Waals surface area contributed by atoms with Gasteiger partial charge in [0.1, 0.15) is 5.82 Å². The fourth-order valence-electron chi connectivity index (χ4n) is 2.50. The molecule has 2 heterocycles. The van der Waals surface area contributed by atoms with Gasteiger partial charge in [-0.2, -0.15) is 0 Å². The van der Waals surface area contributed by atoms with E-state index in [-0.39, 0.29) is 5.91 Å². The highest BCUT2D eigenvalue weighted by molar-refractivity contribution is 6.03. The van der Waals surface area contributed by atoms with Gasteiger partial charge in [0.25, 0.3) is 5.91 Å². The molecule has 21 heavy (non-hydrogen) atoms. The van der Waals surface area contributed by atoms with E-state index in [2.05, 4.69) is 15.5 Å². The van der Waals surface area contributed by atoms with Crippen molar-refractivity contribution in [3.63, 3.8) is 0 Å². The number of hydrogen-bond donors (Lipinski definition) is 1. The van der Waals surface area contributed by atoms with E-state index in [9.17, 15) is 4.79 Å². The number of fused-ring (bicyclic) bond motifs is 1. The summed E-state index contributed by atoms with van der Waals surface area (Å²) in [6, 6.07) is 7.51. The maximum atomic E-state index is 12.4. The van der Waals surface area contributed by atoms with Crippen LogP contribution in [-0.4, -0.2) is 34.8 Å². The number of nitrogens with one attached hydrogen (secondary N) is 1. The van der Waals surface area contributed by atoms with E-state index in [1.807, 2.05) is 41.8 Å². The van der Waals surface area contributed by atoms with Crippen LogP contribution in [0, 0.1) is 0 Å². The van der Waals surface area contributed by atoms with Gasteiger partial charge in [-0.25, -0.2) is 0 Å². The number of amides is 1. The molecular weight excluding hydrogens is 266 g/mol. The standard InChI is InChI=1S/C15H19N5O/c1-19(2)12-7-5-6-11(10-12)14(21)16-15-18-17-13-8-3-4-9-20(13)15/h5-7,10H,3-4,8-9H2,1-2H3,(H,16,18,21). The van der Waals surface area contributed by atoms with Crippen molar-refractivity contribution in [3.8, 4) is 0 Å². The van der Waals surface area contributed by atoms with Crippen LogP contribution in [0.5, 0.6) is 0 Å². The van der Waals surface area contributed by atoms with E-state index in [1.54, 1.807) is 6.07 Å². The van der Waals surface area contributed by atoms with Crippen LogP contribution < -0.4 is 10.2 Å². The number of rotatable bonds is 3. The molecule has 0 saturated carbocycles. The van der Waals surface area contributed by atoms with Gasteiger partial charge in [-0.3, -0.25) is 14.7 Å². The molecule has 0 fully saturated rings. The van der Waals surface area contributed by atoms with Crippen molar-refractivity contribution in [2.24, 2.45) is 0 Å². The van der Waals surface area contributed by atoms with Crippen LogP contribution >= 0.6 is 0 Å². The molecule has 0 aliphatic carbocycles. The summed E-state index contributed by atoms with van der Waals surface area (Å²) < 4.78 is 2.00. The topological polar surface area (TPSA) is 63.1 Å². The van der Waals surface area contributed by atoms with E-state index in [0.717, 1.165) is 37.3 Å². The summed E-state index contributed by atoms with van der Waals surface area (Å²) in [6.45, 7) is 0.871. The Hall–Kier alpha value is -2.37. The van der Waals surface area contributed by atoms with Crippen LogP contribution in [-0.2, 0) is 13.0 Å². The lowest BCUT2D eigenvalue weighted by molar-refractivity contribution is 0.102. The molecule has 1 N–H and O–H groups in total. The summed E-state index contributed by atoms with van der Waals surface area (Å²) in [5.41, 5.74) is 1.61. The molecule has 110 valence electrons. The molecule has 1 aliphatic heterocycles. The quantitative estimate of drug-likeness (QED) is 0.936. The summed E-state index contributed by atoms with van der Waals surface area (Å²) >= 11 is 0. The predicted molar refractivity (Wildman–Crippen MR) is 81.7 cm³/mol. The number of hydrogen-bond acceptors (Lipinski definition) is 4. The molecular formula is C15H19N5O. The van der Waals surface area contributed by atoms with Gasteiger partial charge in [0.2, 0.25) is 5.95 Å². The van der Waals surface area contributed by atoms with Crippen LogP contribution in [0.2, 0.25) is 0 Å². The van der Waals surface area contributed by atoms with Crippen LogP contribution in [0.4, 0.5) is 11.6 Å². The summed E-state index contributed by atoms with van der Waals surface area (Å²) in [6.07, 6.45) is 3.17. The second kappa shape index (κ2) is 5.55. The number of carbonyl (C=O) groups is 1. The molecule has 0 atom stereocenters. The lowest BCUT2D eigenvalue weighted by Crippen LogP contribution is -2.19. The van der Waals surface area contributed by atoms with Gasteiger partial charge in [0.15, 0.2) is 0 Å². The Morgan fingerprint density at radius 1 is 1.29 bits per heavy atom. The fourth-order valence-corrected chi connectivity index (χ4v) is 2.50. The highest BCUT2D eigenvalue weighted by atomic mass is 16.1. The van der Waals surface area contributed by atoms with Crippen molar-refractivity contribution in [3.05, 3.63) is 35.7 Å². The van der Waals surface area contributed by atoms with E-state index in [4.69, 9.17) is 0 Å². The lowest BCUT2D eigenvalue weighted by Gasteiger charge is -2.15. The molecule has 3 rings (SSSR count). The van der Waals surface area contributed by atoms with Crippen LogP contribution in [0.1, 0.15) is 29.0 Å². The van der Waals surface area contributed by atoms with Crippen molar-refractivity contribution >= 4 is 17.5 Å². The molecule has 6 heteroatoms. The Morgan fingerprint density at radius 2 is 2.14 bits per heavy atom. The molecule has 1 aromatic heterocycles.